The third-order valence-electron chi connectivity index (χ3n) is 3.94. The lowest BCUT2D eigenvalue weighted by Crippen LogP contribution is -2.43. The molecule has 4 nitrogen and oxygen atoms in total. The van der Waals surface area contributed by atoms with Gasteiger partial charge in [-0.15, -0.1) is 0 Å². The van der Waals surface area contributed by atoms with Gasteiger partial charge in [-0.3, -0.25) is 4.79 Å². The minimum absolute atomic E-state index is 0.0368. The number of sulfone groups is 1. The number of carbonyl (C=O) groups excluding carboxylic acids is 1. The topological polar surface area (TPSA) is 54.5 Å². The predicted octanol–water partition coefficient (Wildman–Crippen LogP) is 2.85. The third kappa shape index (κ3) is 3.44. The van der Waals surface area contributed by atoms with Gasteiger partial charge in [-0.2, -0.15) is 0 Å². The largest absolute Gasteiger partial charge is 0.332 e. The summed E-state index contributed by atoms with van der Waals surface area (Å²) in [5, 5.41) is 0. The average Bonchev–Trinajstić information content (AvgIpc) is 3.17. The maximum Gasteiger partial charge on any atom is 0.255 e. The lowest BCUT2D eigenvalue weighted by molar-refractivity contribution is 0.0679. The summed E-state index contributed by atoms with van der Waals surface area (Å²) in [6.07, 6.45) is 2.52. The van der Waals surface area contributed by atoms with E-state index in [1.807, 2.05) is 23.1 Å². The summed E-state index contributed by atoms with van der Waals surface area (Å²) >= 11 is 5.55. The van der Waals surface area contributed by atoms with Gasteiger partial charge in [0.2, 0.25) is 0 Å². The highest BCUT2D eigenvalue weighted by molar-refractivity contribution is 14.1. The Morgan fingerprint density at radius 3 is 2.52 bits per heavy atom. The first kappa shape index (κ1) is 15.7. The van der Waals surface area contributed by atoms with E-state index in [1.54, 1.807) is 0 Å². The van der Waals surface area contributed by atoms with Crippen molar-refractivity contribution in [3.8, 4) is 0 Å². The standard InChI is InChI=1S/C14H15BrINO3S/c15-9-1-4-13(16)12(7-9)14(18)17(10-2-3-10)11-5-6-21(19,20)8-11/h1,4,7,10-11H,2-3,5-6,8H2. The van der Waals surface area contributed by atoms with Crippen LogP contribution in [0.2, 0.25) is 0 Å². The first-order valence-corrected chi connectivity index (χ1v) is 10.5. The fourth-order valence-corrected chi connectivity index (χ4v) is 5.42. The van der Waals surface area contributed by atoms with Crippen LogP contribution in [-0.4, -0.2) is 42.8 Å². The summed E-state index contributed by atoms with van der Waals surface area (Å²) in [5.74, 6) is 0.272. The molecule has 0 radical (unpaired) electrons. The highest BCUT2D eigenvalue weighted by Gasteiger charge is 2.42. The van der Waals surface area contributed by atoms with E-state index in [-0.39, 0.29) is 29.5 Å². The highest BCUT2D eigenvalue weighted by Crippen LogP contribution is 2.34. The van der Waals surface area contributed by atoms with Crippen LogP contribution in [0.25, 0.3) is 0 Å². The zero-order valence-corrected chi connectivity index (χ0v) is 15.8. The summed E-state index contributed by atoms with van der Waals surface area (Å²) in [5.41, 5.74) is 0.654. The summed E-state index contributed by atoms with van der Waals surface area (Å²) in [4.78, 5) is 14.7. The van der Waals surface area contributed by atoms with Gasteiger partial charge >= 0.3 is 0 Å². The first-order chi connectivity index (χ1) is 9.87. The van der Waals surface area contributed by atoms with E-state index in [4.69, 9.17) is 0 Å². The molecule has 1 saturated carbocycles. The van der Waals surface area contributed by atoms with Gasteiger partial charge in [0, 0.05) is 20.1 Å². The normalized spacial score (nSPS) is 24.0. The number of amides is 1. The molecule has 0 spiro atoms. The third-order valence-corrected chi connectivity index (χ3v) is 7.12. The van der Waals surface area contributed by atoms with Gasteiger partial charge in [0.05, 0.1) is 17.1 Å². The SMILES string of the molecule is O=C(c1cc(Br)ccc1I)N(C1CC1)C1CCS(=O)(=O)C1. The Hall–Kier alpha value is -0.150. The second-order valence-corrected chi connectivity index (χ2v) is 9.93. The lowest BCUT2D eigenvalue weighted by Gasteiger charge is -2.28. The maximum absolute atomic E-state index is 12.9. The Balaban J connectivity index is 1.91. The summed E-state index contributed by atoms with van der Waals surface area (Å²) < 4.78 is 25.2. The van der Waals surface area contributed by atoms with Crippen LogP contribution in [0, 0.1) is 3.57 Å². The second kappa shape index (κ2) is 5.81. The molecule has 3 rings (SSSR count). The first-order valence-electron chi connectivity index (χ1n) is 6.85. The summed E-state index contributed by atoms with van der Waals surface area (Å²) in [7, 11) is -2.99. The second-order valence-electron chi connectivity index (χ2n) is 5.62. The van der Waals surface area contributed by atoms with Crippen LogP contribution < -0.4 is 0 Å². The lowest BCUT2D eigenvalue weighted by atomic mass is 10.1. The van der Waals surface area contributed by atoms with E-state index in [1.165, 1.54) is 0 Å². The summed E-state index contributed by atoms with van der Waals surface area (Å²) in [6.45, 7) is 0. The van der Waals surface area contributed by atoms with Gasteiger partial charge in [0.25, 0.3) is 5.91 Å². The molecule has 1 heterocycles. The Morgan fingerprint density at radius 2 is 1.95 bits per heavy atom. The molecule has 1 amide bonds. The number of benzene rings is 1. The van der Waals surface area contributed by atoms with Gasteiger partial charge in [0.15, 0.2) is 9.84 Å². The Bertz CT molecular complexity index is 687. The average molecular weight is 484 g/mol. The molecule has 0 aromatic heterocycles. The quantitative estimate of drug-likeness (QED) is 0.621. The molecule has 2 aliphatic rings. The molecule has 1 aliphatic heterocycles. The number of carbonyl (C=O) groups is 1. The minimum atomic E-state index is -2.99. The number of rotatable bonds is 3. The number of hydrogen-bond donors (Lipinski definition) is 0. The molecule has 1 aromatic carbocycles. The van der Waals surface area contributed by atoms with Crippen molar-refractivity contribution < 1.29 is 13.2 Å². The van der Waals surface area contributed by atoms with Crippen LogP contribution in [0.5, 0.6) is 0 Å². The Morgan fingerprint density at radius 1 is 1.24 bits per heavy atom. The van der Waals surface area contributed by atoms with Gasteiger partial charge < -0.3 is 4.90 Å². The van der Waals surface area contributed by atoms with Crippen LogP contribution in [-0.2, 0) is 9.84 Å². The zero-order chi connectivity index (χ0) is 15.2. The molecule has 1 atom stereocenters. The van der Waals surface area contributed by atoms with Gasteiger partial charge in [0.1, 0.15) is 0 Å². The van der Waals surface area contributed by atoms with Crippen molar-refractivity contribution in [1.82, 2.24) is 4.90 Å². The van der Waals surface area contributed by atoms with Crippen LogP contribution in [0.15, 0.2) is 22.7 Å². The molecule has 21 heavy (non-hydrogen) atoms. The zero-order valence-electron chi connectivity index (χ0n) is 11.3. The van der Waals surface area contributed by atoms with Crippen molar-refractivity contribution in [2.75, 3.05) is 11.5 Å². The van der Waals surface area contributed by atoms with Gasteiger partial charge in [-0.05, 0) is 60.1 Å². The number of hydrogen-bond acceptors (Lipinski definition) is 3. The van der Waals surface area contributed by atoms with E-state index in [0.29, 0.717) is 12.0 Å². The molecule has 0 N–H and O–H groups in total. The number of halogens is 2. The Labute approximate surface area is 146 Å². The monoisotopic (exact) mass is 483 g/mol. The molecule has 114 valence electrons. The van der Waals surface area contributed by atoms with E-state index < -0.39 is 9.84 Å². The molecule has 2 fully saturated rings. The van der Waals surface area contributed by atoms with E-state index in [9.17, 15) is 13.2 Å². The molecule has 7 heteroatoms. The van der Waals surface area contributed by atoms with Crippen molar-refractivity contribution in [3.05, 3.63) is 31.8 Å². The fraction of sp³-hybridized carbons (Fsp3) is 0.500. The van der Waals surface area contributed by atoms with E-state index >= 15 is 0 Å². The number of nitrogens with zero attached hydrogens (tertiary/aromatic N) is 1. The van der Waals surface area contributed by atoms with Crippen molar-refractivity contribution in [3.63, 3.8) is 0 Å². The van der Waals surface area contributed by atoms with Crippen molar-refractivity contribution in [2.45, 2.75) is 31.3 Å². The minimum Gasteiger partial charge on any atom is -0.332 e. The molecular weight excluding hydrogens is 469 g/mol. The van der Waals surface area contributed by atoms with Gasteiger partial charge in [-0.1, -0.05) is 15.9 Å². The smallest absolute Gasteiger partial charge is 0.255 e. The predicted molar refractivity (Wildman–Crippen MR) is 93.1 cm³/mol. The maximum atomic E-state index is 12.9. The molecule has 1 unspecified atom stereocenters. The van der Waals surface area contributed by atoms with E-state index in [0.717, 1.165) is 20.9 Å². The molecule has 1 aliphatic carbocycles. The van der Waals surface area contributed by atoms with Crippen LogP contribution >= 0.6 is 38.5 Å². The molecule has 1 aromatic rings. The van der Waals surface area contributed by atoms with Crippen molar-refractivity contribution >= 4 is 54.3 Å². The van der Waals surface area contributed by atoms with Crippen molar-refractivity contribution in [2.24, 2.45) is 0 Å². The Kier molecular flexibility index (Phi) is 4.35. The van der Waals surface area contributed by atoms with Crippen LogP contribution in [0.3, 0.4) is 0 Å². The van der Waals surface area contributed by atoms with Crippen molar-refractivity contribution in [1.29, 1.82) is 0 Å². The van der Waals surface area contributed by atoms with Crippen LogP contribution in [0.1, 0.15) is 29.6 Å². The molecule has 0 bridgehead atoms. The van der Waals surface area contributed by atoms with Gasteiger partial charge in [-0.25, -0.2) is 8.42 Å². The summed E-state index contributed by atoms with van der Waals surface area (Å²) in [6, 6.07) is 5.67. The molecule has 1 saturated heterocycles. The van der Waals surface area contributed by atoms with Crippen LogP contribution in [0.4, 0.5) is 0 Å². The molecular formula is C14H15BrINO3S. The fourth-order valence-electron chi connectivity index (χ4n) is 2.78. The van der Waals surface area contributed by atoms with E-state index in [2.05, 4.69) is 38.5 Å². The highest BCUT2D eigenvalue weighted by atomic mass is 127.